The second-order valence-corrected chi connectivity index (χ2v) is 10.7. The van der Waals surface area contributed by atoms with Crippen molar-refractivity contribution in [1.29, 1.82) is 0 Å². The van der Waals surface area contributed by atoms with E-state index in [4.69, 9.17) is 4.74 Å². The van der Waals surface area contributed by atoms with Gasteiger partial charge in [0.2, 0.25) is 20.0 Å². The Hall–Kier alpha value is -2.47. The molecule has 1 heterocycles. The van der Waals surface area contributed by atoms with Crippen molar-refractivity contribution in [2.75, 3.05) is 33.3 Å². The Morgan fingerprint density at radius 1 is 1.00 bits per heavy atom. The second-order valence-electron chi connectivity index (χ2n) is 6.92. The normalized spacial score (nSPS) is 15.0. The molecular formula is C20H25N3O6S2. The second kappa shape index (κ2) is 9.77. The van der Waals surface area contributed by atoms with E-state index in [0.29, 0.717) is 18.8 Å². The molecule has 0 atom stereocenters. The van der Waals surface area contributed by atoms with Gasteiger partial charge in [0, 0.05) is 18.7 Å². The maximum Gasteiger partial charge on any atom is 0.251 e. The fourth-order valence-electron chi connectivity index (χ4n) is 3.14. The molecule has 0 radical (unpaired) electrons. The third-order valence-corrected chi connectivity index (χ3v) is 8.18. The summed E-state index contributed by atoms with van der Waals surface area (Å²) in [4.78, 5) is 12.5. The number of rotatable bonds is 9. The average Bonchev–Trinajstić information content (AvgIpc) is 3.33. The van der Waals surface area contributed by atoms with E-state index in [9.17, 15) is 21.6 Å². The van der Waals surface area contributed by atoms with E-state index in [1.807, 2.05) is 0 Å². The van der Waals surface area contributed by atoms with Crippen LogP contribution in [-0.4, -0.2) is 60.3 Å². The number of carbonyl (C=O) groups is 1. The van der Waals surface area contributed by atoms with E-state index >= 15 is 0 Å². The van der Waals surface area contributed by atoms with E-state index in [-0.39, 0.29) is 28.5 Å². The lowest BCUT2D eigenvalue weighted by Crippen LogP contribution is -2.28. The van der Waals surface area contributed by atoms with Crippen molar-refractivity contribution in [3.8, 4) is 5.75 Å². The molecule has 2 aromatic rings. The first-order valence-corrected chi connectivity index (χ1v) is 12.7. The lowest BCUT2D eigenvalue weighted by molar-refractivity contribution is 0.0946. The van der Waals surface area contributed by atoms with Crippen molar-refractivity contribution >= 4 is 26.0 Å². The summed E-state index contributed by atoms with van der Waals surface area (Å²) in [5.41, 5.74) is 0.216. The molecule has 1 amide bonds. The van der Waals surface area contributed by atoms with E-state index in [1.54, 1.807) is 12.1 Å². The van der Waals surface area contributed by atoms with Crippen molar-refractivity contribution < 1.29 is 26.4 Å². The molecule has 2 aromatic carbocycles. The summed E-state index contributed by atoms with van der Waals surface area (Å²) < 4.78 is 58.0. The number of nitrogens with zero attached hydrogens (tertiary/aromatic N) is 1. The first-order valence-electron chi connectivity index (χ1n) is 9.79. The summed E-state index contributed by atoms with van der Waals surface area (Å²) in [5.74, 6) is 0.0561. The molecule has 0 aromatic heterocycles. The molecule has 1 fully saturated rings. The van der Waals surface area contributed by atoms with E-state index in [2.05, 4.69) is 10.0 Å². The minimum absolute atomic E-state index is 0.00266. The highest BCUT2D eigenvalue weighted by atomic mass is 32.2. The van der Waals surface area contributed by atoms with Crippen molar-refractivity contribution in [3.05, 3.63) is 54.1 Å². The number of ether oxygens (including phenoxy) is 1. The van der Waals surface area contributed by atoms with Crippen LogP contribution in [-0.2, 0) is 20.0 Å². The largest absolute Gasteiger partial charge is 0.492 e. The highest BCUT2D eigenvalue weighted by Crippen LogP contribution is 2.22. The Morgan fingerprint density at radius 3 is 2.32 bits per heavy atom. The Kier molecular flexibility index (Phi) is 7.31. The zero-order valence-corrected chi connectivity index (χ0v) is 18.7. The monoisotopic (exact) mass is 467 g/mol. The Morgan fingerprint density at radius 2 is 1.68 bits per heavy atom. The van der Waals surface area contributed by atoms with Crippen molar-refractivity contribution in [2.45, 2.75) is 22.6 Å². The summed E-state index contributed by atoms with van der Waals surface area (Å²) in [6.45, 7) is 1.45. The first kappa shape index (κ1) is 23.2. The molecule has 0 aliphatic carbocycles. The summed E-state index contributed by atoms with van der Waals surface area (Å²) in [7, 11) is -5.80. The van der Waals surface area contributed by atoms with Gasteiger partial charge in [-0.3, -0.25) is 4.79 Å². The van der Waals surface area contributed by atoms with Crippen molar-refractivity contribution in [3.63, 3.8) is 0 Å². The first-order chi connectivity index (χ1) is 14.7. The number of sulfonamides is 2. The molecule has 1 saturated heterocycles. The van der Waals surface area contributed by atoms with Gasteiger partial charge in [0.25, 0.3) is 5.91 Å². The molecule has 31 heavy (non-hydrogen) atoms. The van der Waals surface area contributed by atoms with Gasteiger partial charge in [-0.15, -0.1) is 0 Å². The van der Waals surface area contributed by atoms with Crippen LogP contribution >= 0.6 is 0 Å². The van der Waals surface area contributed by atoms with Crippen LogP contribution in [0.4, 0.5) is 0 Å². The van der Waals surface area contributed by atoms with Gasteiger partial charge in [0.15, 0.2) is 0 Å². The van der Waals surface area contributed by atoms with Crippen LogP contribution < -0.4 is 14.8 Å². The zero-order valence-electron chi connectivity index (χ0n) is 17.1. The predicted molar refractivity (Wildman–Crippen MR) is 115 cm³/mol. The number of carbonyl (C=O) groups excluding carboxylic acids is 1. The third-order valence-electron chi connectivity index (χ3n) is 4.86. The third kappa shape index (κ3) is 5.62. The van der Waals surface area contributed by atoms with Gasteiger partial charge in [0.05, 0.1) is 16.3 Å². The molecule has 1 aliphatic rings. The molecule has 3 rings (SSSR count). The van der Waals surface area contributed by atoms with Gasteiger partial charge in [-0.1, -0.05) is 6.07 Å². The summed E-state index contributed by atoms with van der Waals surface area (Å²) in [5, 5.41) is 2.66. The van der Waals surface area contributed by atoms with Gasteiger partial charge < -0.3 is 10.1 Å². The summed E-state index contributed by atoms with van der Waals surface area (Å²) in [6, 6.07) is 11.9. The maximum atomic E-state index is 12.5. The minimum atomic E-state index is -3.64. The van der Waals surface area contributed by atoms with Crippen LogP contribution in [0.2, 0.25) is 0 Å². The molecule has 0 bridgehead atoms. The van der Waals surface area contributed by atoms with Crippen LogP contribution in [0, 0.1) is 0 Å². The average molecular weight is 468 g/mol. The molecule has 0 unspecified atom stereocenters. The van der Waals surface area contributed by atoms with Crippen molar-refractivity contribution in [2.24, 2.45) is 0 Å². The standard InChI is InChI=1S/C20H25N3O6S2/c1-21-30(25,26)19-6-4-5-16(15-19)20(24)22-11-14-29-17-7-9-18(10-8-17)31(27,28)23-12-2-3-13-23/h4-10,15,21H,2-3,11-14H2,1H3,(H,22,24). The van der Waals surface area contributed by atoms with Crippen LogP contribution in [0.25, 0.3) is 0 Å². The highest BCUT2D eigenvalue weighted by molar-refractivity contribution is 7.89. The van der Waals surface area contributed by atoms with Gasteiger partial charge in [-0.25, -0.2) is 21.6 Å². The number of hydrogen-bond donors (Lipinski definition) is 2. The van der Waals surface area contributed by atoms with Crippen LogP contribution in [0.3, 0.4) is 0 Å². The number of benzene rings is 2. The number of hydrogen-bond acceptors (Lipinski definition) is 6. The number of nitrogens with one attached hydrogen (secondary N) is 2. The zero-order chi connectivity index (χ0) is 22.5. The Balaban J connectivity index is 1.51. The van der Waals surface area contributed by atoms with Gasteiger partial charge in [0.1, 0.15) is 12.4 Å². The van der Waals surface area contributed by atoms with Crippen molar-refractivity contribution in [1.82, 2.24) is 14.3 Å². The molecular weight excluding hydrogens is 442 g/mol. The van der Waals surface area contributed by atoms with E-state index < -0.39 is 26.0 Å². The van der Waals surface area contributed by atoms with Crippen LogP contribution in [0.1, 0.15) is 23.2 Å². The van der Waals surface area contributed by atoms with Gasteiger partial charge in [-0.05, 0) is 62.4 Å². The topological polar surface area (TPSA) is 122 Å². The molecule has 0 saturated carbocycles. The van der Waals surface area contributed by atoms with Crippen LogP contribution in [0.15, 0.2) is 58.3 Å². The van der Waals surface area contributed by atoms with Gasteiger partial charge in [-0.2, -0.15) is 4.31 Å². The van der Waals surface area contributed by atoms with E-state index in [1.165, 1.54) is 47.8 Å². The Bertz CT molecular complexity index is 1130. The van der Waals surface area contributed by atoms with Crippen LogP contribution in [0.5, 0.6) is 5.75 Å². The molecule has 2 N–H and O–H groups in total. The molecule has 11 heteroatoms. The smallest absolute Gasteiger partial charge is 0.251 e. The highest BCUT2D eigenvalue weighted by Gasteiger charge is 2.26. The minimum Gasteiger partial charge on any atom is -0.492 e. The predicted octanol–water partition coefficient (Wildman–Crippen LogP) is 1.19. The molecule has 9 nitrogen and oxygen atoms in total. The molecule has 1 aliphatic heterocycles. The summed E-state index contributed by atoms with van der Waals surface area (Å²) in [6.07, 6.45) is 1.75. The molecule has 168 valence electrons. The SMILES string of the molecule is CNS(=O)(=O)c1cccc(C(=O)NCCOc2ccc(S(=O)(=O)N3CCCC3)cc2)c1. The van der Waals surface area contributed by atoms with E-state index in [0.717, 1.165) is 12.8 Å². The lowest BCUT2D eigenvalue weighted by Gasteiger charge is -2.15. The van der Waals surface area contributed by atoms with Gasteiger partial charge >= 0.3 is 0 Å². The quantitative estimate of drug-likeness (QED) is 0.534. The fraction of sp³-hybridized carbons (Fsp3) is 0.350. The summed E-state index contributed by atoms with van der Waals surface area (Å²) >= 11 is 0. The fourth-order valence-corrected chi connectivity index (χ4v) is 5.44. The Labute approximate surface area is 182 Å². The maximum absolute atomic E-state index is 12.5. The number of amides is 1. The lowest BCUT2D eigenvalue weighted by atomic mass is 10.2. The molecule has 0 spiro atoms.